The molecule has 6 heteroatoms. The molecule has 4 nitrogen and oxygen atoms in total. The molecule has 0 aromatic carbocycles. The number of rotatable bonds is 2. The molecule has 2 rings (SSSR count). The van der Waals surface area contributed by atoms with E-state index in [1.807, 2.05) is 26.2 Å². The van der Waals surface area contributed by atoms with Crippen molar-refractivity contribution in [2.45, 2.75) is 26.7 Å². The number of hydrogen-bond acceptors (Lipinski definition) is 4. The first-order chi connectivity index (χ1) is 7.99. The summed E-state index contributed by atoms with van der Waals surface area (Å²) in [5.74, 6) is 0.728. The van der Waals surface area contributed by atoms with Gasteiger partial charge in [-0.05, 0) is 28.8 Å². The summed E-state index contributed by atoms with van der Waals surface area (Å²) < 4.78 is 0.504. The predicted octanol–water partition coefficient (Wildman–Crippen LogP) is 3.09. The van der Waals surface area contributed by atoms with Gasteiger partial charge in [0.15, 0.2) is 10.8 Å². The van der Waals surface area contributed by atoms with Crippen LogP contribution in [0.2, 0.25) is 0 Å². The summed E-state index contributed by atoms with van der Waals surface area (Å²) in [5.41, 5.74) is 1.53. The Morgan fingerprint density at radius 1 is 1.41 bits per heavy atom. The summed E-state index contributed by atoms with van der Waals surface area (Å²) in [7, 11) is 0. The number of aromatic nitrogens is 3. The van der Waals surface area contributed by atoms with Crippen molar-refractivity contribution in [1.29, 1.82) is 0 Å². The molecule has 0 amide bonds. The number of aromatic amines is 1. The largest absolute Gasteiger partial charge is 0.304 e. The zero-order valence-corrected chi connectivity index (χ0v) is 12.1. The summed E-state index contributed by atoms with van der Waals surface area (Å²) in [6, 6.07) is 0. The Labute approximate surface area is 111 Å². The number of nitrogens with zero attached hydrogens (tertiary/aromatic N) is 2. The molecule has 0 aliphatic rings. The maximum atomic E-state index is 11.8. The first-order valence-corrected chi connectivity index (χ1v) is 6.88. The molecule has 17 heavy (non-hydrogen) atoms. The van der Waals surface area contributed by atoms with Crippen LogP contribution in [0.3, 0.4) is 0 Å². The second-order valence-electron chi connectivity index (χ2n) is 4.06. The van der Waals surface area contributed by atoms with Gasteiger partial charge >= 0.3 is 0 Å². The summed E-state index contributed by atoms with van der Waals surface area (Å²) >= 11 is 4.75. The predicted molar refractivity (Wildman–Crippen MR) is 72.5 cm³/mol. The van der Waals surface area contributed by atoms with Crippen LogP contribution in [-0.2, 0) is 0 Å². The minimum Gasteiger partial charge on any atom is -0.304 e. The monoisotopic (exact) mass is 313 g/mol. The van der Waals surface area contributed by atoms with Crippen LogP contribution in [0.5, 0.6) is 0 Å². The third-order valence-electron chi connectivity index (χ3n) is 2.26. The Bertz CT molecular complexity index is 603. The van der Waals surface area contributed by atoms with E-state index in [0.29, 0.717) is 10.3 Å². The molecule has 0 spiro atoms. The van der Waals surface area contributed by atoms with Crippen molar-refractivity contribution >= 4 is 27.3 Å². The van der Waals surface area contributed by atoms with Crippen molar-refractivity contribution < 1.29 is 0 Å². The smallest absolute Gasteiger partial charge is 0.265 e. The molecule has 0 aliphatic carbocycles. The van der Waals surface area contributed by atoms with Crippen molar-refractivity contribution in [2.24, 2.45) is 0 Å². The van der Waals surface area contributed by atoms with Gasteiger partial charge in [-0.15, -0.1) is 11.3 Å². The lowest BCUT2D eigenvalue weighted by atomic mass is 10.1. The maximum absolute atomic E-state index is 11.8. The highest BCUT2D eigenvalue weighted by Gasteiger charge is 2.14. The fourth-order valence-electron chi connectivity index (χ4n) is 1.42. The number of H-pyrrole nitrogens is 1. The number of hydrogen-bond donors (Lipinski definition) is 1. The van der Waals surface area contributed by atoms with Gasteiger partial charge in [0.2, 0.25) is 0 Å². The van der Waals surface area contributed by atoms with Crippen molar-refractivity contribution in [3.63, 3.8) is 0 Å². The molecule has 1 N–H and O–H groups in total. The van der Waals surface area contributed by atoms with E-state index in [9.17, 15) is 4.79 Å². The van der Waals surface area contributed by atoms with Crippen LogP contribution in [0.15, 0.2) is 14.6 Å². The third kappa shape index (κ3) is 2.47. The van der Waals surface area contributed by atoms with Gasteiger partial charge in [0, 0.05) is 11.1 Å². The normalized spacial score (nSPS) is 11.1. The molecule has 0 radical (unpaired) electrons. The SMILES string of the molecule is Cc1csc(-c2nc(C(C)C)c(Br)c(=O)[nH]2)n1. The number of nitrogens with one attached hydrogen (secondary N) is 1. The van der Waals surface area contributed by atoms with Crippen molar-refractivity contribution in [1.82, 2.24) is 15.0 Å². The quantitative estimate of drug-likeness (QED) is 0.926. The summed E-state index contributed by atoms with van der Waals surface area (Å²) in [5, 5.41) is 2.68. The van der Waals surface area contributed by atoms with Gasteiger partial charge in [-0.2, -0.15) is 0 Å². The Hall–Kier alpha value is -1.01. The Balaban J connectivity index is 2.61. The van der Waals surface area contributed by atoms with E-state index in [0.717, 1.165) is 16.4 Å². The van der Waals surface area contributed by atoms with Crippen molar-refractivity contribution in [2.75, 3.05) is 0 Å². The van der Waals surface area contributed by atoms with Crippen molar-refractivity contribution in [3.8, 4) is 10.8 Å². The minimum atomic E-state index is -0.161. The first kappa shape index (κ1) is 12.4. The Morgan fingerprint density at radius 2 is 2.12 bits per heavy atom. The van der Waals surface area contributed by atoms with Gasteiger partial charge in [0.1, 0.15) is 4.47 Å². The molecular weight excluding hydrogens is 302 g/mol. The van der Waals surface area contributed by atoms with Crippen LogP contribution in [-0.4, -0.2) is 15.0 Å². The molecule has 2 heterocycles. The number of thiazole rings is 1. The average molecular weight is 314 g/mol. The van der Waals surface area contributed by atoms with Gasteiger partial charge in [0.05, 0.1) is 5.69 Å². The van der Waals surface area contributed by atoms with E-state index >= 15 is 0 Å². The zero-order valence-electron chi connectivity index (χ0n) is 9.74. The first-order valence-electron chi connectivity index (χ1n) is 5.21. The third-order valence-corrected chi connectivity index (χ3v) is 3.99. The van der Waals surface area contributed by atoms with Crippen LogP contribution in [0.1, 0.15) is 31.2 Å². The van der Waals surface area contributed by atoms with Gasteiger partial charge < -0.3 is 4.98 Å². The van der Waals surface area contributed by atoms with Crippen LogP contribution >= 0.6 is 27.3 Å². The lowest BCUT2D eigenvalue weighted by Crippen LogP contribution is -2.14. The minimum absolute atomic E-state index is 0.161. The molecule has 2 aromatic rings. The highest BCUT2D eigenvalue weighted by atomic mass is 79.9. The van der Waals surface area contributed by atoms with Crippen LogP contribution in [0, 0.1) is 6.92 Å². The van der Waals surface area contributed by atoms with Gasteiger partial charge in [-0.25, -0.2) is 9.97 Å². The van der Waals surface area contributed by atoms with Gasteiger partial charge in [-0.3, -0.25) is 4.79 Å². The highest BCUT2D eigenvalue weighted by molar-refractivity contribution is 9.10. The van der Waals surface area contributed by atoms with Crippen LogP contribution < -0.4 is 5.56 Å². The molecule has 0 unspecified atom stereocenters. The van der Waals surface area contributed by atoms with Gasteiger partial charge in [-0.1, -0.05) is 13.8 Å². The second kappa shape index (κ2) is 4.70. The summed E-state index contributed by atoms with van der Waals surface area (Å²) in [6.45, 7) is 5.92. The lowest BCUT2D eigenvalue weighted by Gasteiger charge is -2.07. The molecule has 0 saturated heterocycles. The molecular formula is C11H12BrN3OS. The van der Waals surface area contributed by atoms with Crippen LogP contribution in [0.25, 0.3) is 10.8 Å². The zero-order chi connectivity index (χ0) is 12.6. The van der Waals surface area contributed by atoms with Crippen molar-refractivity contribution in [3.05, 3.63) is 31.6 Å². The van der Waals surface area contributed by atoms with E-state index in [-0.39, 0.29) is 11.5 Å². The standard InChI is InChI=1S/C11H12BrN3OS/c1-5(2)8-7(12)10(16)15-9(14-8)11-13-6(3)4-17-11/h4-5H,1-3H3,(H,14,15,16). The molecule has 0 fully saturated rings. The molecule has 0 saturated carbocycles. The molecule has 90 valence electrons. The molecule has 0 bridgehead atoms. The fourth-order valence-corrected chi connectivity index (χ4v) is 2.81. The van der Waals surface area contributed by atoms with E-state index in [2.05, 4.69) is 30.9 Å². The maximum Gasteiger partial charge on any atom is 0.265 e. The Kier molecular flexibility index (Phi) is 3.44. The highest BCUT2D eigenvalue weighted by Crippen LogP contribution is 2.24. The molecule has 0 aliphatic heterocycles. The fraction of sp³-hybridized carbons (Fsp3) is 0.364. The number of halogens is 1. The van der Waals surface area contributed by atoms with Gasteiger partial charge in [0.25, 0.3) is 5.56 Å². The van der Waals surface area contributed by atoms with E-state index in [1.54, 1.807) is 0 Å². The second-order valence-corrected chi connectivity index (χ2v) is 5.71. The number of aryl methyl sites for hydroxylation is 1. The van der Waals surface area contributed by atoms with E-state index in [1.165, 1.54) is 11.3 Å². The summed E-state index contributed by atoms with van der Waals surface area (Å²) in [6.07, 6.45) is 0. The topological polar surface area (TPSA) is 58.6 Å². The molecule has 2 aromatic heterocycles. The lowest BCUT2D eigenvalue weighted by molar-refractivity contribution is 0.803. The van der Waals surface area contributed by atoms with Crippen LogP contribution in [0.4, 0.5) is 0 Å². The average Bonchev–Trinajstić information content (AvgIpc) is 2.68. The van der Waals surface area contributed by atoms with E-state index < -0.39 is 0 Å². The Morgan fingerprint density at radius 3 is 2.65 bits per heavy atom. The van der Waals surface area contributed by atoms with E-state index in [4.69, 9.17) is 0 Å². The molecule has 0 atom stereocenters. The summed E-state index contributed by atoms with van der Waals surface area (Å²) in [4.78, 5) is 23.3.